The molecule has 2 saturated carbocycles. The summed E-state index contributed by atoms with van der Waals surface area (Å²) >= 11 is 12.0. The predicted octanol–water partition coefficient (Wildman–Crippen LogP) is 5.74. The Labute approximate surface area is 184 Å². The molecule has 5 nitrogen and oxygen atoms in total. The molecule has 30 heavy (non-hydrogen) atoms. The Morgan fingerprint density at radius 2 is 1.87 bits per heavy atom. The van der Waals surface area contributed by atoms with Crippen molar-refractivity contribution in [3.63, 3.8) is 0 Å². The lowest BCUT2D eigenvalue weighted by Crippen LogP contribution is -2.26. The van der Waals surface area contributed by atoms with E-state index in [1.54, 1.807) is 24.3 Å². The number of hydrogen-bond acceptors (Lipinski definition) is 3. The summed E-state index contributed by atoms with van der Waals surface area (Å²) in [6, 6.07) is 8.38. The second-order valence-electron chi connectivity index (χ2n) is 7.42. The lowest BCUT2D eigenvalue weighted by molar-refractivity contribution is -0.122. The number of halogens is 3. The molecule has 1 unspecified atom stereocenters. The minimum Gasteiger partial charge on any atom is -0.486 e. The molecule has 0 aromatic heterocycles. The molecule has 0 saturated heterocycles. The van der Waals surface area contributed by atoms with Gasteiger partial charge in [-0.05, 0) is 73.9 Å². The summed E-state index contributed by atoms with van der Waals surface area (Å²) in [6.45, 7) is 1.62. The second kappa shape index (κ2) is 9.67. The van der Waals surface area contributed by atoms with Crippen LogP contribution in [-0.4, -0.2) is 23.5 Å². The molecular weight excluding hydrogens is 432 g/mol. The van der Waals surface area contributed by atoms with Gasteiger partial charge in [-0.2, -0.15) is 0 Å². The SMILES string of the molecule is CC(Oc1ccc(Cl)c(Cl)c1)c1cc(F)c(C(=O)NC2CC2)cc1C1CC1.O=CO. The van der Waals surface area contributed by atoms with Crippen LogP contribution in [0.25, 0.3) is 0 Å². The predicted molar refractivity (Wildman–Crippen MR) is 113 cm³/mol. The third kappa shape index (κ3) is 5.64. The smallest absolute Gasteiger partial charge is 0.290 e. The van der Waals surface area contributed by atoms with Crippen molar-refractivity contribution in [2.24, 2.45) is 0 Å². The Balaban J connectivity index is 0.000000806. The Bertz CT molecular complexity index is 945. The number of carboxylic acid groups (broad SMARTS) is 1. The summed E-state index contributed by atoms with van der Waals surface area (Å²) in [5.74, 6) is 0.0705. The van der Waals surface area contributed by atoms with E-state index in [1.165, 1.54) is 6.07 Å². The number of carbonyl (C=O) groups excluding carboxylic acids is 1. The van der Waals surface area contributed by atoms with Gasteiger partial charge in [-0.3, -0.25) is 9.59 Å². The summed E-state index contributed by atoms with van der Waals surface area (Å²) in [7, 11) is 0. The normalized spacial score (nSPS) is 16.1. The molecule has 2 aromatic carbocycles. The Morgan fingerprint density at radius 1 is 1.20 bits per heavy atom. The molecule has 160 valence electrons. The molecule has 0 spiro atoms. The van der Waals surface area contributed by atoms with Crippen molar-refractivity contribution in [3.05, 3.63) is 62.9 Å². The molecule has 2 aromatic rings. The van der Waals surface area contributed by atoms with E-state index in [2.05, 4.69) is 5.32 Å². The quantitative estimate of drug-likeness (QED) is 0.546. The zero-order chi connectivity index (χ0) is 21.8. The third-order valence-corrected chi connectivity index (χ3v) is 5.73. The number of carbonyl (C=O) groups is 2. The van der Waals surface area contributed by atoms with Crippen molar-refractivity contribution in [1.29, 1.82) is 0 Å². The Hall–Kier alpha value is -2.31. The largest absolute Gasteiger partial charge is 0.486 e. The van der Waals surface area contributed by atoms with E-state index < -0.39 is 5.82 Å². The van der Waals surface area contributed by atoms with Gasteiger partial charge in [0.2, 0.25) is 0 Å². The molecule has 8 heteroatoms. The van der Waals surface area contributed by atoms with Crippen LogP contribution in [0.3, 0.4) is 0 Å². The van der Waals surface area contributed by atoms with Crippen LogP contribution in [0.5, 0.6) is 5.75 Å². The van der Waals surface area contributed by atoms with E-state index in [0.717, 1.165) is 36.8 Å². The zero-order valence-electron chi connectivity index (χ0n) is 16.3. The Kier molecular flexibility index (Phi) is 7.21. The molecule has 0 bridgehead atoms. The maximum absolute atomic E-state index is 14.7. The van der Waals surface area contributed by atoms with E-state index in [4.69, 9.17) is 37.8 Å². The van der Waals surface area contributed by atoms with Crippen LogP contribution in [0.15, 0.2) is 30.3 Å². The highest BCUT2D eigenvalue weighted by Crippen LogP contribution is 2.44. The van der Waals surface area contributed by atoms with Crippen LogP contribution in [0.1, 0.15) is 66.1 Å². The fourth-order valence-corrected chi connectivity index (χ4v) is 3.48. The molecule has 2 aliphatic carbocycles. The van der Waals surface area contributed by atoms with Gasteiger partial charge in [0.05, 0.1) is 15.6 Å². The van der Waals surface area contributed by atoms with Gasteiger partial charge in [-0.1, -0.05) is 23.2 Å². The summed E-state index contributed by atoms with van der Waals surface area (Å²) in [6.07, 6.45) is 3.64. The van der Waals surface area contributed by atoms with Gasteiger partial charge in [0.15, 0.2) is 0 Å². The molecule has 0 radical (unpaired) electrons. The van der Waals surface area contributed by atoms with Crippen molar-refractivity contribution < 1.29 is 23.8 Å². The minimum absolute atomic E-state index is 0.120. The first-order valence-electron chi connectivity index (χ1n) is 9.67. The van der Waals surface area contributed by atoms with Crippen molar-refractivity contribution in [2.75, 3.05) is 0 Å². The van der Waals surface area contributed by atoms with Crippen LogP contribution < -0.4 is 10.1 Å². The van der Waals surface area contributed by atoms with Gasteiger partial charge in [0, 0.05) is 12.1 Å². The van der Waals surface area contributed by atoms with Gasteiger partial charge < -0.3 is 15.2 Å². The lowest BCUT2D eigenvalue weighted by atomic mass is 9.96. The van der Waals surface area contributed by atoms with Crippen molar-refractivity contribution >= 4 is 35.6 Å². The highest BCUT2D eigenvalue weighted by molar-refractivity contribution is 6.42. The summed E-state index contributed by atoms with van der Waals surface area (Å²) in [5.41, 5.74) is 1.88. The molecule has 2 aliphatic rings. The van der Waals surface area contributed by atoms with E-state index in [0.29, 0.717) is 21.7 Å². The van der Waals surface area contributed by atoms with Crippen molar-refractivity contribution in [2.45, 2.75) is 50.7 Å². The van der Waals surface area contributed by atoms with Crippen LogP contribution in [-0.2, 0) is 4.79 Å². The van der Waals surface area contributed by atoms with Gasteiger partial charge >= 0.3 is 0 Å². The van der Waals surface area contributed by atoms with Crippen LogP contribution in [0, 0.1) is 5.82 Å². The number of hydrogen-bond donors (Lipinski definition) is 2. The van der Waals surface area contributed by atoms with E-state index in [9.17, 15) is 9.18 Å². The Morgan fingerprint density at radius 3 is 2.43 bits per heavy atom. The maximum Gasteiger partial charge on any atom is 0.290 e. The number of ether oxygens (including phenoxy) is 1. The molecule has 1 amide bonds. The minimum atomic E-state index is -0.517. The van der Waals surface area contributed by atoms with Gasteiger partial charge in [-0.15, -0.1) is 0 Å². The average molecular weight is 454 g/mol. The van der Waals surface area contributed by atoms with Crippen molar-refractivity contribution in [3.8, 4) is 5.75 Å². The lowest BCUT2D eigenvalue weighted by Gasteiger charge is -2.20. The van der Waals surface area contributed by atoms with Gasteiger partial charge in [0.1, 0.15) is 17.7 Å². The van der Waals surface area contributed by atoms with E-state index in [-0.39, 0.29) is 30.1 Å². The monoisotopic (exact) mass is 453 g/mol. The first-order valence-corrected chi connectivity index (χ1v) is 10.4. The standard InChI is InChI=1S/C21H20Cl2FNO2.CH2O2/c1-11(27-14-6-7-18(22)19(23)8-14)15-10-20(24)17(9-16(15)12-2-3-12)21(26)25-13-4-5-13;2-1-3/h6-13H,2-5H2,1H3,(H,25,26);1H,(H,2,3). The van der Waals surface area contributed by atoms with Crippen molar-refractivity contribution in [1.82, 2.24) is 5.32 Å². The molecule has 4 rings (SSSR count). The number of nitrogens with one attached hydrogen (secondary N) is 1. The molecule has 0 aliphatic heterocycles. The van der Waals surface area contributed by atoms with Crippen LogP contribution in [0.4, 0.5) is 4.39 Å². The highest BCUT2D eigenvalue weighted by Gasteiger charge is 2.31. The van der Waals surface area contributed by atoms with Crippen LogP contribution in [0.2, 0.25) is 10.0 Å². The van der Waals surface area contributed by atoms with Crippen LogP contribution >= 0.6 is 23.2 Å². The molecule has 2 fully saturated rings. The summed E-state index contributed by atoms with van der Waals surface area (Å²) in [4.78, 5) is 20.7. The summed E-state index contributed by atoms with van der Waals surface area (Å²) < 4.78 is 20.7. The molecular formula is C22H22Cl2FNO4. The van der Waals surface area contributed by atoms with E-state index >= 15 is 0 Å². The molecule has 0 heterocycles. The third-order valence-electron chi connectivity index (χ3n) is 4.99. The van der Waals surface area contributed by atoms with Gasteiger partial charge in [0.25, 0.3) is 12.4 Å². The first-order chi connectivity index (χ1) is 14.3. The molecule has 2 N–H and O–H groups in total. The number of benzene rings is 2. The fraction of sp³-hybridized carbons (Fsp3) is 0.364. The molecule has 1 atom stereocenters. The first kappa shape index (κ1) is 22.4. The number of rotatable bonds is 6. The number of amides is 1. The highest BCUT2D eigenvalue weighted by atomic mass is 35.5. The summed E-state index contributed by atoms with van der Waals surface area (Å²) in [5, 5.41) is 10.6. The van der Waals surface area contributed by atoms with Gasteiger partial charge in [-0.25, -0.2) is 4.39 Å². The topological polar surface area (TPSA) is 75.6 Å². The zero-order valence-corrected chi connectivity index (χ0v) is 17.8. The fourth-order valence-electron chi connectivity index (χ4n) is 3.19. The maximum atomic E-state index is 14.7. The van der Waals surface area contributed by atoms with E-state index in [1.807, 2.05) is 6.92 Å². The average Bonchev–Trinajstić information content (AvgIpc) is 3.59. The second-order valence-corrected chi connectivity index (χ2v) is 8.24.